The number of nitrogens with one attached hydrogen (secondary N) is 1. The molecule has 3 rings (SSSR count). The number of benzene rings is 1. The summed E-state index contributed by atoms with van der Waals surface area (Å²) in [7, 11) is -3.53. The standard InChI is InChI=1S/C22H32N4O3S/c1-5-16(2)23-22(27)20-11-9-19(10-12-20)15-26-18(4)21(17(3)24-26)30(28,29)25-13-7-6-8-14-25/h9-12,16H,5-8,13-15H2,1-4H3,(H,23,27). The van der Waals surface area contributed by atoms with Gasteiger partial charge in [-0.15, -0.1) is 0 Å². The van der Waals surface area contributed by atoms with Gasteiger partial charge in [0.15, 0.2) is 0 Å². The van der Waals surface area contributed by atoms with Crippen molar-refractivity contribution < 1.29 is 13.2 Å². The molecule has 0 bridgehead atoms. The lowest BCUT2D eigenvalue weighted by atomic mass is 10.1. The van der Waals surface area contributed by atoms with Crippen LogP contribution in [-0.2, 0) is 16.6 Å². The molecule has 2 aromatic rings. The first-order chi connectivity index (χ1) is 14.2. The van der Waals surface area contributed by atoms with Crippen LogP contribution in [0.15, 0.2) is 29.2 Å². The van der Waals surface area contributed by atoms with E-state index in [1.165, 1.54) is 0 Å². The minimum atomic E-state index is -3.53. The highest BCUT2D eigenvalue weighted by atomic mass is 32.2. The first-order valence-corrected chi connectivity index (χ1v) is 12.1. The van der Waals surface area contributed by atoms with E-state index in [1.807, 2.05) is 32.9 Å². The van der Waals surface area contributed by atoms with E-state index in [0.717, 1.165) is 31.2 Å². The number of hydrogen-bond acceptors (Lipinski definition) is 4. The van der Waals surface area contributed by atoms with Crippen molar-refractivity contribution in [2.75, 3.05) is 13.1 Å². The Bertz CT molecular complexity index is 990. The number of sulfonamides is 1. The Morgan fingerprint density at radius 3 is 2.37 bits per heavy atom. The third-order valence-electron chi connectivity index (χ3n) is 5.77. The summed E-state index contributed by atoms with van der Waals surface area (Å²) in [6, 6.07) is 7.50. The highest BCUT2D eigenvalue weighted by molar-refractivity contribution is 7.89. The summed E-state index contributed by atoms with van der Waals surface area (Å²) in [6.07, 6.45) is 3.77. The number of carbonyl (C=O) groups is 1. The molecule has 0 spiro atoms. The fourth-order valence-electron chi connectivity index (χ4n) is 3.79. The molecular weight excluding hydrogens is 400 g/mol. The lowest BCUT2D eigenvalue weighted by Crippen LogP contribution is -2.36. The number of carbonyl (C=O) groups excluding carboxylic acids is 1. The normalized spacial score (nSPS) is 16.4. The smallest absolute Gasteiger partial charge is 0.251 e. The number of piperidine rings is 1. The Labute approximate surface area is 179 Å². The number of nitrogens with zero attached hydrogens (tertiary/aromatic N) is 3. The Kier molecular flexibility index (Phi) is 6.98. The van der Waals surface area contributed by atoms with Crippen LogP contribution in [0.1, 0.15) is 66.8 Å². The average molecular weight is 433 g/mol. The van der Waals surface area contributed by atoms with Crippen LogP contribution in [0, 0.1) is 13.8 Å². The predicted molar refractivity (Wildman–Crippen MR) is 117 cm³/mol. The van der Waals surface area contributed by atoms with Crippen molar-refractivity contribution in [1.82, 2.24) is 19.4 Å². The van der Waals surface area contributed by atoms with Crippen molar-refractivity contribution in [2.45, 2.75) is 70.9 Å². The molecule has 1 aliphatic rings. The van der Waals surface area contributed by atoms with Crippen LogP contribution in [0.25, 0.3) is 0 Å². The zero-order valence-electron chi connectivity index (χ0n) is 18.3. The van der Waals surface area contributed by atoms with E-state index in [4.69, 9.17) is 0 Å². The summed E-state index contributed by atoms with van der Waals surface area (Å²) >= 11 is 0. The molecule has 30 heavy (non-hydrogen) atoms. The molecule has 1 fully saturated rings. The maximum Gasteiger partial charge on any atom is 0.251 e. The molecule has 1 atom stereocenters. The predicted octanol–water partition coefficient (Wildman–Crippen LogP) is 3.25. The minimum Gasteiger partial charge on any atom is -0.350 e. The molecule has 1 unspecified atom stereocenters. The molecule has 1 N–H and O–H groups in total. The lowest BCUT2D eigenvalue weighted by Gasteiger charge is -2.26. The second kappa shape index (κ2) is 9.31. The van der Waals surface area contributed by atoms with E-state index in [1.54, 1.807) is 28.0 Å². The second-order valence-corrected chi connectivity index (χ2v) is 9.98. The molecule has 0 aliphatic carbocycles. The number of aryl methyl sites for hydroxylation is 1. The molecule has 1 saturated heterocycles. The second-order valence-electron chi connectivity index (χ2n) is 8.10. The van der Waals surface area contributed by atoms with Crippen LogP contribution in [0.5, 0.6) is 0 Å². The third-order valence-corrected chi connectivity index (χ3v) is 7.92. The van der Waals surface area contributed by atoms with Gasteiger partial charge in [0.2, 0.25) is 10.0 Å². The largest absolute Gasteiger partial charge is 0.350 e. The topological polar surface area (TPSA) is 84.3 Å². The summed E-state index contributed by atoms with van der Waals surface area (Å²) in [4.78, 5) is 12.6. The van der Waals surface area contributed by atoms with Crippen molar-refractivity contribution in [1.29, 1.82) is 0 Å². The van der Waals surface area contributed by atoms with Crippen molar-refractivity contribution >= 4 is 15.9 Å². The highest BCUT2D eigenvalue weighted by Crippen LogP contribution is 2.26. The van der Waals surface area contributed by atoms with Gasteiger partial charge in [0.05, 0.1) is 17.9 Å². The Balaban J connectivity index is 1.78. The summed E-state index contributed by atoms with van der Waals surface area (Å²) < 4.78 is 29.6. The van der Waals surface area contributed by atoms with Gasteiger partial charge in [-0.25, -0.2) is 8.42 Å². The van der Waals surface area contributed by atoms with Gasteiger partial charge in [0, 0.05) is 24.7 Å². The molecule has 8 heteroatoms. The quantitative estimate of drug-likeness (QED) is 0.728. The number of aromatic nitrogens is 2. The van der Waals surface area contributed by atoms with Crippen molar-refractivity contribution in [2.24, 2.45) is 0 Å². The van der Waals surface area contributed by atoms with E-state index >= 15 is 0 Å². The van der Waals surface area contributed by atoms with Gasteiger partial charge in [-0.3, -0.25) is 9.48 Å². The van der Waals surface area contributed by atoms with Gasteiger partial charge >= 0.3 is 0 Å². The van der Waals surface area contributed by atoms with Crippen molar-refractivity contribution in [3.05, 3.63) is 46.8 Å². The van der Waals surface area contributed by atoms with E-state index < -0.39 is 10.0 Å². The first-order valence-electron chi connectivity index (χ1n) is 10.7. The zero-order chi connectivity index (χ0) is 21.9. The van der Waals surface area contributed by atoms with E-state index in [2.05, 4.69) is 10.4 Å². The van der Waals surface area contributed by atoms with E-state index in [-0.39, 0.29) is 11.9 Å². The van der Waals surface area contributed by atoms with Crippen molar-refractivity contribution in [3.8, 4) is 0 Å². The van der Waals surface area contributed by atoms with Gasteiger partial charge < -0.3 is 5.32 Å². The number of amides is 1. The molecular formula is C22H32N4O3S. The Morgan fingerprint density at radius 2 is 1.77 bits per heavy atom. The maximum absolute atomic E-state index is 13.2. The van der Waals surface area contributed by atoms with Crippen LogP contribution in [-0.4, -0.2) is 47.5 Å². The fourth-order valence-corrected chi connectivity index (χ4v) is 5.68. The van der Waals surface area contributed by atoms with Crippen LogP contribution in [0.3, 0.4) is 0 Å². The lowest BCUT2D eigenvalue weighted by molar-refractivity contribution is 0.0939. The molecule has 1 aromatic heterocycles. The monoisotopic (exact) mass is 432 g/mol. The fraction of sp³-hybridized carbons (Fsp3) is 0.545. The summed E-state index contributed by atoms with van der Waals surface area (Å²) in [5.74, 6) is -0.0862. The van der Waals surface area contributed by atoms with Gasteiger partial charge in [0.1, 0.15) is 4.90 Å². The summed E-state index contributed by atoms with van der Waals surface area (Å²) in [6.45, 7) is 9.18. The zero-order valence-corrected chi connectivity index (χ0v) is 19.1. The molecule has 164 valence electrons. The average Bonchev–Trinajstić information content (AvgIpc) is 3.02. The van der Waals surface area contributed by atoms with Crippen molar-refractivity contribution in [3.63, 3.8) is 0 Å². The van der Waals surface area contributed by atoms with Gasteiger partial charge in [-0.1, -0.05) is 25.5 Å². The van der Waals surface area contributed by atoms with Gasteiger partial charge in [-0.2, -0.15) is 9.40 Å². The van der Waals surface area contributed by atoms with Crippen LogP contribution in [0.2, 0.25) is 0 Å². The van der Waals surface area contributed by atoms with Crippen LogP contribution >= 0.6 is 0 Å². The summed E-state index contributed by atoms with van der Waals surface area (Å²) in [5, 5.41) is 7.46. The molecule has 1 aromatic carbocycles. The molecule has 0 saturated carbocycles. The van der Waals surface area contributed by atoms with Gasteiger partial charge in [-0.05, 0) is 57.7 Å². The third kappa shape index (κ3) is 4.75. The Hall–Kier alpha value is -2.19. The minimum absolute atomic E-state index is 0.0862. The highest BCUT2D eigenvalue weighted by Gasteiger charge is 2.31. The molecule has 1 aliphatic heterocycles. The first kappa shape index (κ1) is 22.5. The van der Waals surface area contributed by atoms with Crippen LogP contribution < -0.4 is 5.32 Å². The molecule has 2 heterocycles. The number of hydrogen-bond donors (Lipinski definition) is 1. The maximum atomic E-state index is 13.2. The Morgan fingerprint density at radius 1 is 1.13 bits per heavy atom. The molecule has 1 amide bonds. The summed E-state index contributed by atoms with van der Waals surface area (Å²) in [5.41, 5.74) is 2.75. The van der Waals surface area contributed by atoms with Crippen LogP contribution in [0.4, 0.5) is 0 Å². The van der Waals surface area contributed by atoms with E-state index in [0.29, 0.717) is 41.5 Å². The van der Waals surface area contributed by atoms with Gasteiger partial charge in [0.25, 0.3) is 5.91 Å². The number of rotatable bonds is 7. The SMILES string of the molecule is CCC(C)NC(=O)c1ccc(Cn2nc(C)c(S(=O)(=O)N3CCCCC3)c2C)cc1. The molecule has 0 radical (unpaired) electrons. The molecule has 7 nitrogen and oxygen atoms in total. The van der Waals surface area contributed by atoms with E-state index in [9.17, 15) is 13.2 Å².